The molecule has 0 amide bonds. The van der Waals surface area contributed by atoms with Crippen molar-refractivity contribution in [1.29, 1.82) is 0 Å². The van der Waals surface area contributed by atoms with Gasteiger partial charge >= 0.3 is 6.16 Å². The highest BCUT2D eigenvalue weighted by Gasteiger charge is 2.04. The number of methoxy groups -OCH3 is 1. The fourth-order valence-corrected chi connectivity index (χ4v) is 0.879. The minimum Gasteiger partial charge on any atom is -0.436 e. The summed E-state index contributed by atoms with van der Waals surface area (Å²) in [6, 6.07) is 8.85. The SMILES string of the molecule is COC(=O)ONC(=S)Oc1ccccc1. The third-order valence-electron chi connectivity index (χ3n) is 1.34. The maximum Gasteiger partial charge on any atom is 0.533 e. The Balaban J connectivity index is 2.34. The molecule has 0 spiro atoms. The molecule has 0 fully saturated rings. The number of nitrogens with one attached hydrogen (secondary N) is 1. The number of benzene rings is 1. The van der Waals surface area contributed by atoms with Gasteiger partial charge < -0.3 is 14.3 Å². The van der Waals surface area contributed by atoms with Crippen LogP contribution in [0.3, 0.4) is 0 Å². The van der Waals surface area contributed by atoms with Crippen LogP contribution in [-0.4, -0.2) is 18.4 Å². The minimum absolute atomic E-state index is 0.0772. The molecule has 0 heterocycles. The lowest BCUT2D eigenvalue weighted by atomic mass is 10.3. The van der Waals surface area contributed by atoms with Gasteiger partial charge in [-0.15, -0.1) is 0 Å². The van der Waals surface area contributed by atoms with Crippen molar-refractivity contribution < 1.29 is 19.1 Å². The zero-order chi connectivity index (χ0) is 11.1. The fraction of sp³-hybridized carbons (Fsp3) is 0.111. The van der Waals surface area contributed by atoms with Gasteiger partial charge in [-0.2, -0.15) is 5.48 Å². The monoisotopic (exact) mass is 227 g/mol. The summed E-state index contributed by atoms with van der Waals surface area (Å²) in [4.78, 5) is 14.9. The standard InChI is InChI=1S/C9H9NO4S/c1-12-9(11)14-10-8(15)13-7-5-3-2-4-6-7/h2-6H,1H3,(H,10,15). The van der Waals surface area contributed by atoms with Crippen molar-refractivity contribution in [3.63, 3.8) is 0 Å². The molecular weight excluding hydrogens is 218 g/mol. The van der Waals surface area contributed by atoms with Gasteiger partial charge in [-0.3, -0.25) is 0 Å². The average Bonchev–Trinajstić information content (AvgIpc) is 2.27. The Morgan fingerprint density at radius 2 is 2.00 bits per heavy atom. The van der Waals surface area contributed by atoms with Crippen LogP contribution in [0, 0.1) is 0 Å². The second-order valence-corrected chi connectivity index (χ2v) is 2.73. The molecule has 0 aliphatic carbocycles. The molecule has 5 nitrogen and oxygen atoms in total. The van der Waals surface area contributed by atoms with Crippen molar-refractivity contribution in [1.82, 2.24) is 5.48 Å². The first-order valence-corrected chi connectivity index (χ1v) is 4.41. The van der Waals surface area contributed by atoms with Crippen LogP contribution < -0.4 is 10.2 Å². The summed E-state index contributed by atoms with van der Waals surface area (Å²) < 4.78 is 9.31. The zero-order valence-corrected chi connectivity index (χ0v) is 8.74. The molecule has 0 saturated heterocycles. The van der Waals surface area contributed by atoms with Gasteiger partial charge in [-0.05, 0) is 24.4 Å². The molecule has 0 bridgehead atoms. The molecule has 1 aromatic carbocycles. The molecule has 1 rings (SSSR count). The van der Waals surface area contributed by atoms with Gasteiger partial charge in [0.05, 0.1) is 7.11 Å². The second kappa shape index (κ2) is 5.82. The Labute approximate surface area is 91.9 Å². The molecule has 1 N–H and O–H groups in total. The van der Waals surface area contributed by atoms with Crippen molar-refractivity contribution in [3.05, 3.63) is 30.3 Å². The predicted molar refractivity (Wildman–Crippen MR) is 56.3 cm³/mol. The summed E-state index contributed by atoms with van der Waals surface area (Å²) in [7, 11) is 1.19. The van der Waals surface area contributed by atoms with E-state index in [2.05, 4.69) is 15.1 Å². The van der Waals surface area contributed by atoms with Crippen LogP contribution >= 0.6 is 12.2 Å². The average molecular weight is 227 g/mol. The van der Waals surface area contributed by atoms with Crippen molar-refractivity contribution in [2.75, 3.05) is 7.11 Å². The van der Waals surface area contributed by atoms with Gasteiger partial charge in [0.15, 0.2) is 0 Å². The van der Waals surface area contributed by atoms with Gasteiger partial charge in [0.25, 0.3) is 5.17 Å². The number of rotatable bonds is 1. The van der Waals surface area contributed by atoms with E-state index in [1.807, 2.05) is 6.07 Å². The van der Waals surface area contributed by atoms with E-state index in [1.165, 1.54) is 7.11 Å². The maximum atomic E-state index is 10.5. The number of hydroxylamine groups is 1. The lowest BCUT2D eigenvalue weighted by molar-refractivity contribution is 0.0479. The van der Waals surface area contributed by atoms with Gasteiger partial charge in [0.2, 0.25) is 0 Å². The van der Waals surface area contributed by atoms with E-state index in [-0.39, 0.29) is 5.17 Å². The van der Waals surface area contributed by atoms with Gasteiger partial charge in [-0.1, -0.05) is 18.2 Å². The molecule has 0 aromatic heterocycles. The molecule has 0 radical (unpaired) electrons. The third-order valence-corrected chi connectivity index (χ3v) is 1.50. The maximum absolute atomic E-state index is 10.5. The van der Waals surface area contributed by atoms with E-state index in [1.54, 1.807) is 24.3 Å². The van der Waals surface area contributed by atoms with E-state index in [4.69, 9.17) is 17.0 Å². The molecule has 0 aliphatic heterocycles. The first-order valence-electron chi connectivity index (χ1n) is 4.00. The molecule has 0 unspecified atom stereocenters. The highest BCUT2D eigenvalue weighted by Crippen LogP contribution is 2.08. The van der Waals surface area contributed by atoms with Crippen molar-refractivity contribution in [2.45, 2.75) is 0 Å². The van der Waals surface area contributed by atoms with Crippen LogP contribution in [0.15, 0.2) is 30.3 Å². The lowest BCUT2D eigenvalue weighted by Crippen LogP contribution is -2.29. The molecular formula is C9H9NO4S. The summed E-state index contributed by atoms with van der Waals surface area (Å²) in [6.45, 7) is 0. The fourth-order valence-electron chi connectivity index (χ4n) is 0.741. The predicted octanol–water partition coefficient (Wildman–Crippen LogP) is 1.64. The summed E-state index contributed by atoms with van der Waals surface area (Å²) >= 11 is 4.74. The van der Waals surface area contributed by atoms with Crippen molar-refractivity contribution in [3.8, 4) is 5.75 Å². The van der Waals surface area contributed by atoms with E-state index in [9.17, 15) is 4.79 Å². The molecule has 15 heavy (non-hydrogen) atoms. The number of hydrogen-bond donors (Lipinski definition) is 1. The van der Waals surface area contributed by atoms with E-state index in [0.717, 1.165) is 0 Å². The van der Waals surface area contributed by atoms with Gasteiger partial charge in [-0.25, -0.2) is 4.79 Å². The Hall–Kier alpha value is -1.82. The molecule has 0 aliphatic rings. The number of thiocarbonyl (C=S) groups is 1. The van der Waals surface area contributed by atoms with Crippen LogP contribution in [0.5, 0.6) is 5.75 Å². The highest BCUT2D eigenvalue weighted by atomic mass is 32.1. The Morgan fingerprint density at radius 1 is 1.33 bits per heavy atom. The van der Waals surface area contributed by atoms with Crippen molar-refractivity contribution in [2.24, 2.45) is 0 Å². The van der Waals surface area contributed by atoms with E-state index < -0.39 is 6.16 Å². The number of para-hydroxylation sites is 1. The summed E-state index contributed by atoms with van der Waals surface area (Å²) in [5, 5.41) is -0.0772. The molecule has 1 aromatic rings. The topological polar surface area (TPSA) is 56.8 Å². The summed E-state index contributed by atoms with van der Waals surface area (Å²) in [6.07, 6.45) is -0.894. The van der Waals surface area contributed by atoms with E-state index >= 15 is 0 Å². The van der Waals surface area contributed by atoms with Crippen LogP contribution in [0.2, 0.25) is 0 Å². The smallest absolute Gasteiger partial charge is 0.436 e. The van der Waals surface area contributed by atoms with Crippen LogP contribution in [0.1, 0.15) is 0 Å². The number of hydrogen-bond acceptors (Lipinski definition) is 5. The molecule has 0 saturated carbocycles. The van der Waals surface area contributed by atoms with Crippen molar-refractivity contribution >= 4 is 23.5 Å². The first kappa shape index (κ1) is 11.3. The Kier molecular flexibility index (Phi) is 4.36. The number of ether oxygens (including phenoxy) is 2. The molecule has 80 valence electrons. The molecule has 0 atom stereocenters. The lowest BCUT2D eigenvalue weighted by Gasteiger charge is -2.07. The summed E-state index contributed by atoms with van der Waals surface area (Å²) in [5.74, 6) is 0.545. The number of carbonyl (C=O) groups excluding carboxylic acids is 1. The van der Waals surface area contributed by atoms with Crippen LogP contribution in [-0.2, 0) is 9.57 Å². The van der Waals surface area contributed by atoms with Gasteiger partial charge in [0.1, 0.15) is 5.75 Å². The quantitative estimate of drug-likeness (QED) is 0.447. The second-order valence-electron chi connectivity index (χ2n) is 2.36. The molecule has 6 heteroatoms. The Morgan fingerprint density at radius 3 is 2.60 bits per heavy atom. The summed E-state index contributed by atoms with van der Waals surface area (Å²) in [5.41, 5.74) is 2.12. The normalized spacial score (nSPS) is 8.87. The highest BCUT2D eigenvalue weighted by molar-refractivity contribution is 7.80. The largest absolute Gasteiger partial charge is 0.533 e. The number of carbonyl (C=O) groups is 1. The minimum atomic E-state index is -0.894. The van der Waals surface area contributed by atoms with E-state index in [0.29, 0.717) is 5.75 Å². The van der Waals surface area contributed by atoms with Gasteiger partial charge in [0, 0.05) is 0 Å². The zero-order valence-electron chi connectivity index (χ0n) is 7.93. The Bertz CT molecular complexity index is 341. The van der Waals surface area contributed by atoms with Crippen LogP contribution in [0.4, 0.5) is 4.79 Å². The van der Waals surface area contributed by atoms with Crippen LogP contribution in [0.25, 0.3) is 0 Å². The first-order chi connectivity index (χ1) is 7.22. The third kappa shape index (κ3) is 4.28.